The Morgan fingerprint density at radius 1 is 1.25 bits per heavy atom. The Hall–Kier alpha value is -1.27. The molecule has 3 N–H and O–H groups in total. The minimum absolute atomic E-state index is 0. The number of carbonyl (C=O) groups excluding carboxylic acids is 1. The lowest BCUT2D eigenvalue weighted by Crippen LogP contribution is -2.40. The lowest BCUT2D eigenvalue weighted by Gasteiger charge is -2.19. The molecular formula is C13H16ClF3N2O. The van der Waals surface area contributed by atoms with Crippen molar-refractivity contribution in [2.75, 3.05) is 6.54 Å². The maximum atomic E-state index is 13.5. The largest absolute Gasteiger partial charge is 0.349 e. The first-order valence-electron chi connectivity index (χ1n) is 6.19. The molecule has 0 bridgehead atoms. The summed E-state index contributed by atoms with van der Waals surface area (Å²) in [6, 6.07) is 1.54. The monoisotopic (exact) mass is 308 g/mol. The van der Waals surface area contributed by atoms with Crippen LogP contribution < -0.4 is 11.1 Å². The maximum absolute atomic E-state index is 13.5. The zero-order chi connectivity index (χ0) is 14.0. The predicted molar refractivity (Wildman–Crippen MR) is 71.2 cm³/mol. The van der Waals surface area contributed by atoms with E-state index in [1.54, 1.807) is 0 Å². The molecule has 1 fully saturated rings. The third-order valence-corrected chi connectivity index (χ3v) is 3.56. The lowest BCUT2D eigenvalue weighted by atomic mass is 10.0. The number of carbonyl (C=O) groups is 1. The van der Waals surface area contributed by atoms with Crippen LogP contribution in [0.15, 0.2) is 12.1 Å². The van der Waals surface area contributed by atoms with E-state index < -0.39 is 28.9 Å². The Bertz CT molecular complexity index is 499. The highest BCUT2D eigenvalue weighted by molar-refractivity contribution is 5.94. The van der Waals surface area contributed by atoms with Gasteiger partial charge in [0.15, 0.2) is 17.5 Å². The second-order valence-corrected chi connectivity index (χ2v) is 4.73. The van der Waals surface area contributed by atoms with Crippen LogP contribution in [0.3, 0.4) is 0 Å². The van der Waals surface area contributed by atoms with Crippen LogP contribution in [-0.2, 0) is 0 Å². The Kier molecular flexibility index (Phi) is 5.83. The van der Waals surface area contributed by atoms with Crippen LogP contribution in [-0.4, -0.2) is 18.5 Å². The maximum Gasteiger partial charge on any atom is 0.254 e. The van der Waals surface area contributed by atoms with E-state index in [-0.39, 0.29) is 24.4 Å². The molecule has 2 atom stereocenters. The summed E-state index contributed by atoms with van der Waals surface area (Å²) in [7, 11) is 0. The summed E-state index contributed by atoms with van der Waals surface area (Å²) in [6.07, 6.45) is 2.60. The summed E-state index contributed by atoms with van der Waals surface area (Å²) in [5, 5.41) is 2.64. The van der Waals surface area contributed by atoms with Crippen LogP contribution >= 0.6 is 12.4 Å². The Morgan fingerprint density at radius 3 is 2.60 bits per heavy atom. The third kappa shape index (κ3) is 3.24. The Balaban J connectivity index is 0.00000200. The van der Waals surface area contributed by atoms with Gasteiger partial charge >= 0.3 is 0 Å². The molecule has 2 unspecified atom stereocenters. The first-order chi connectivity index (χ1) is 9.04. The van der Waals surface area contributed by atoms with Gasteiger partial charge in [0.1, 0.15) is 0 Å². The van der Waals surface area contributed by atoms with Crippen molar-refractivity contribution in [2.24, 2.45) is 11.7 Å². The van der Waals surface area contributed by atoms with Crippen molar-refractivity contribution in [3.63, 3.8) is 0 Å². The molecule has 0 saturated heterocycles. The van der Waals surface area contributed by atoms with E-state index in [9.17, 15) is 18.0 Å². The number of amides is 1. The van der Waals surface area contributed by atoms with E-state index in [1.165, 1.54) is 0 Å². The summed E-state index contributed by atoms with van der Waals surface area (Å²) >= 11 is 0. The van der Waals surface area contributed by atoms with E-state index in [2.05, 4.69) is 5.32 Å². The summed E-state index contributed by atoms with van der Waals surface area (Å²) in [5.74, 6) is -4.98. The SMILES string of the molecule is Cl.NCC1CCCC1NC(=O)c1ccc(F)c(F)c1F. The van der Waals surface area contributed by atoms with Gasteiger partial charge in [0.2, 0.25) is 0 Å². The lowest BCUT2D eigenvalue weighted by molar-refractivity contribution is 0.0923. The fourth-order valence-corrected chi connectivity index (χ4v) is 2.46. The van der Waals surface area contributed by atoms with Crippen molar-refractivity contribution in [3.8, 4) is 0 Å². The van der Waals surface area contributed by atoms with Gasteiger partial charge in [-0.1, -0.05) is 6.42 Å². The van der Waals surface area contributed by atoms with E-state index >= 15 is 0 Å². The van der Waals surface area contributed by atoms with Crippen molar-refractivity contribution in [1.29, 1.82) is 0 Å². The quantitative estimate of drug-likeness (QED) is 0.842. The summed E-state index contributed by atoms with van der Waals surface area (Å²) < 4.78 is 39.3. The molecule has 0 spiro atoms. The molecule has 0 aliphatic heterocycles. The van der Waals surface area contributed by atoms with Gasteiger partial charge in [-0.05, 0) is 37.4 Å². The van der Waals surface area contributed by atoms with Gasteiger partial charge < -0.3 is 11.1 Å². The number of hydrogen-bond acceptors (Lipinski definition) is 2. The molecule has 2 rings (SSSR count). The molecule has 7 heteroatoms. The molecule has 1 aliphatic carbocycles. The number of benzene rings is 1. The second kappa shape index (κ2) is 6.95. The van der Waals surface area contributed by atoms with Crippen molar-refractivity contribution in [1.82, 2.24) is 5.32 Å². The topological polar surface area (TPSA) is 55.1 Å². The fourth-order valence-electron chi connectivity index (χ4n) is 2.46. The average molecular weight is 309 g/mol. The summed E-state index contributed by atoms with van der Waals surface area (Å²) in [4.78, 5) is 11.9. The van der Waals surface area contributed by atoms with Crippen molar-refractivity contribution < 1.29 is 18.0 Å². The molecule has 20 heavy (non-hydrogen) atoms. The van der Waals surface area contributed by atoms with Crippen LogP contribution in [0.4, 0.5) is 13.2 Å². The normalized spacial score (nSPS) is 21.4. The van der Waals surface area contributed by atoms with Gasteiger partial charge in [0.05, 0.1) is 5.56 Å². The molecule has 112 valence electrons. The van der Waals surface area contributed by atoms with Crippen molar-refractivity contribution >= 4 is 18.3 Å². The van der Waals surface area contributed by atoms with Crippen LogP contribution in [0.1, 0.15) is 29.6 Å². The van der Waals surface area contributed by atoms with Crippen LogP contribution in [0.2, 0.25) is 0 Å². The van der Waals surface area contributed by atoms with Gasteiger partial charge in [0.25, 0.3) is 5.91 Å². The van der Waals surface area contributed by atoms with Gasteiger partial charge in [0, 0.05) is 6.04 Å². The van der Waals surface area contributed by atoms with Crippen LogP contribution in [0, 0.1) is 23.4 Å². The van der Waals surface area contributed by atoms with E-state index in [0.717, 1.165) is 31.4 Å². The number of rotatable bonds is 3. The first kappa shape index (κ1) is 16.8. The summed E-state index contributed by atoms with van der Waals surface area (Å²) in [5.41, 5.74) is 5.09. The highest BCUT2D eigenvalue weighted by Gasteiger charge is 2.29. The van der Waals surface area contributed by atoms with Crippen molar-refractivity contribution in [2.45, 2.75) is 25.3 Å². The second-order valence-electron chi connectivity index (χ2n) is 4.73. The fraction of sp³-hybridized carbons (Fsp3) is 0.462. The van der Waals surface area contributed by atoms with Crippen LogP contribution in [0.5, 0.6) is 0 Å². The van der Waals surface area contributed by atoms with Gasteiger partial charge in [-0.3, -0.25) is 4.79 Å². The molecule has 1 aromatic rings. The summed E-state index contributed by atoms with van der Waals surface area (Å²) in [6.45, 7) is 0.436. The molecule has 1 amide bonds. The number of nitrogens with one attached hydrogen (secondary N) is 1. The molecule has 3 nitrogen and oxygen atoms in total. The van der Waals surface area contributed by atoms with Gasteiger partial charge in [-0.2, -0.15) is 0 Å². The third-order valence-electron chi connectivity index (χ3n) is 3.56. The Labute approximate surface area is 121 Å². The minimum atomic E-state index is -1.63. The molecular weight excluding hydrogens is 293 g/mol. The first-order valence-corrected chi connectivity index (χ1v) is 6.19. The van der Waals surface area contributed by atoms with E-state index in [1.807, 2.05) is 0 Å². The highest BCUT2D eigenvalue weighted by atomic mass is 35.5. The van der Waals surface area contributed by atoms with Gasteiger partial charge in [-0.25, -0.2) is 13.2 Å². The molecule has 1 aromatic carbocycles. The minimum Gasteiger partial charge on any atom is -0.349 e. The van der Waals surface area contributed by atoms with Gasteiger partial charge in [-0.15, -0.1) is 12.4 Å². The number of halogens is 4. The highest BCUT2D eigenvalue weighted by Crippen LogP contribution is 2.25. The zero-order valence-electron chi connectivity index (χ0n) is 10.7. The number of hydrogen-bond donors (Lipinski definition) is 2. The molecule has 1 saturated carbocycles. The smallest absolute Gasteiger partial charge is 0.254 e. The molecule has 1 aliphatic rings. The standard InChI is InChI=1S/C13H15F3N2O.ClH/c14-9-5-4-8(11(15)12(9)16)13(19)18-10-3-1-2-7(10)6-17;/h4-5,7,10H,1-3,6,17H2,(H,18,19);1H. The average Bonchev–Trinajstić information content (AvgIpc) is 2.83. The number of nitrogens with two attached hydrogens (primary N) is 1. The van der Waals surface area contributed by atoms with Crippen molar-refractivity contribution in [3.05, 3.63) is 35.1 Å². The zero-order valence-corrected chi connectivity index (χ0v) is 11.5. The molecule has 0 heterocycles. The predicted octanol–water partition coefficient (Wildman–Crippen LogP) is 2.38. The Morgan fingerprint density at radius 2 is 1.95 bits per heavy atom. The molecule has 0 radical (unpaired) electrons. The van der Waals surface area contributed by atoms with E-state index in [4.69, 9.17) is 5.73 Å². The molecule has 0 aromatic heterocycles. The van der Waals surface area contributed by atoms with E-state index in [0.29, 0.717) is 6.54 Å². The van der Waals surface area contributed by atoms with Crippen LogP contribution in [0.25, 0.3) is 0 Å².